The van der Waals surface area contributed by atoms with E-state index in [0.29, 0.717) is 0 Å². The molecule has 1 N–H and O–H groups in total. The van der Waals surface area contributed by atoms with E-state index in [1.54, 1.807) is 18.4 Å². The number of nitrogens with one attached hydrogen (secondary N) is 1. The lowest BCUT2D eigenvalue weighted by Gasteiger charge is -2.27. The van der Waals surface area contributed by atoms with Gasteiger partial charge in [-0.3, -0.25) is 0 Å². The predicted molar refractivity (Wildman–Crippen MR) is 94.0 cm³/mol. The molecule has 2 nitrogen and oxygen atoms in total. The van der Waals surface area contributed by atoms with Crippen LogP contribution in [0.5, 0.6) is 0 Å². The number of benzene rings is 1. The lowest BCUT2D eigenvalue weighted by Crippen LogP contribution is -2.38. The molecule has 0 aliphatic carbocycles. The van der Waals surface area contributed by atoms with Crippen molar-refractivity contribution in [3.63, 3.8) is 0 Å². The molecule has 2 atom stereocenters. The van der Waals surface area contributed by atoms with E-state index < -0.39 is 0 Å². The Morgan fingerprint density at radius 3 is 2.57 bits per heavy atom. The minimum absolute atomic E-state index is 0.0618. The Labute approximate surface area is 139 Å². The highest BCUT2D eigenvalue weighted by molar-refractivity contribution is 9.10. The number of methoxy groups -OCH3 is 1. The first-order valence-electron chi connectivity index (χ1n) is 7.29. The zero-order chi connectivity index (χ0) is 15.1. The summed E-state index contributed by atoms with van der Waals surface area (Å²) in [6.07, 6.45) is 2.14. The second-order valence-corrected chi connectivity index (χ2v) is 6.88. The van der Waals surface area contributed by atoms with Gasteiger partial charge in [0.05, 0.1) is 6.10 Å². The minimum atomic E-state index is 0.0618. The zero-order valence-electron chi connectivity index (χ0n) is 12.5. The summed E-state index contributed by atoms with van der Waals surface area (Å²) < 4.78 is 7.00. The van der Waals surface area contributed by atoms with E-state index in [-0.39, 0.29) is 12.1 Å². The van der Waals surface area contributed by atoms with Crippen LogP contribution in [-0.4, -0.2) is 19.7 Å². The molecular weight excluding hydrogens is 346 g/mol. The summed E-state index contributed by atoms with van der Waals surface area (Å²) in [6.45, 7) is 3.19. The standard InChI is InChI=1S/C17H22BrNOS/c1-3-10-19-15(12-16-14(18)9-11-21-16)17(20-2)13-7-5-4-6-8-13/h4-9,11,15,17,19H,3,10,12H2,1-2H3. The third-order valence-electron chi connectivity index (χ3n) is 3.50. The average Bonchev–Trinajstić information content (AvgIpc) is 2.91. The number of rotatable bonds is 8. The number of ether oxygens (including phenoxy) is 1. The van der Waals surface area contributed by atoms with Crippen LogP contribution in [0.1, 0.15) is 29.9 Å². The number of halogens is 1. The maximum atomic E-state index is 5.81. The Hall–Kier alpha value is -0.680. The van der Waals surface area contributed by atoms with Gasteiger partial charge >= 0.3 is 0 Å². The molecular formula is C17H22BrNOS. The second-order valence-electron chi connectivity index (χ2n) is 5.02. The first kappa shape index (κ1) is 16.7. The lowest BCUT2D eigenvalue weighted by atomic mass is 9.98. The molecule has 0 aliphatic heterocycles. The molecule has 1 aromatic carbocycles. The van der Waals surface area contributed by atoms with E-state index in [1.807, 2.05) is 6.07 Å². The molecule has 1 aromatic heterocycles. The van der Waals surface area contributed by atoms with Crippen LogP contribution < -0.4 is 5.32 Å². The van der Waals surface area contributed by atoms with Crippen molar-refractivity contribution in [2.24, 2.45) is 0 Å². The Morgan fingerprint density at radius 1 is 1.24 bits per heavy atom. The van der Waals surface area contributed by atoms with Crippen molar-refractivity contribution >= 4 is 27.3 Å². The highest BCUT2D eigenvalue weighted by Gasteiger charge is 2.23. The maximum Gasteiger partial charge on any atom is 0.0977 e. The fourth-order valence-corrected chi connectivity index (χ4v) is 4.04. The van der Waals surface area contributed by atoms with Gasteiger partial charge in [-0.1, -0.05) is 37.3 Å². The summed E-state index contributed by atoms with van der Waals surface area (Å²) in [5, 5.41) is 5.77. The summed E-state index contributed by atoms with van der Waals surface area (Å²) in [5.41, 5.74) is 1.22. The normalized spacial score (nSPS) is 14.0. The summed E-state index contributed by atoms with van der Waals surface area (Å²) in [4.78, 5) is 1.36. The van der Waals surface area contributed by atoms with E-state index in [9.17, 15) is 0 Å². The average molecular weight is 368 g/mol. The summed E-state index contributed by atoms with van der Waals surface area (Å²) in [5.74, 6) is 0. The van der Waals surface area contributed by atoms with E-state index in [1.165, 1.54) is 14.9 Å². The summed E-state index contributed by atoms with van der Waals surface area (Å²) in [6, 6.07) is 12.8. The maximum absolute atomic E-state index is 5.81. The SMILES string of the molecule is CCCNC(Cc1sccc1Br)C(OC)c1ccccc1. The van der Waals surface area contributed by atoms with Gasteiger partial charge in [-0.05, 0) is 45.9 Å². The topological polar surface area (TPSA) is 21.3 Å². The van der Waals surface area contributed by atoms with E-state index >= 15 is 0 Å². The van der Waals surface area contributed by atoms with Gasteiger partial charge in [0.2, 0.25) is 0 Å². The van der Waals surface area contributed by atoms with Crippen LogP contribution in [0.4, 0.5) is 0 Å². The van der Waals surface area contributed by atoms with E-state index in [2.05, 4.69) is 63.9 Å². The third kappa shape index (κ3) is 4.65. The molecule has 21 heavy (non-hydrogen) atoms. The number of thiophene rings is 1. The number of hydrogen-bond donors (Lipinski definition) is 1. The molecule has 0 spiro atoms. The molecule has 2 unspecified atom stereocenters. The van der Waals surface area contributed by atoms with Crippen molar-refractivity contribution in [3.8, 4) is 0 Å². The highest BCUT2D eigenvalue weighted by Crippen LogP contribution is 2.29. The van der Waals surface area contributed by atoms with Crippen LogP contribution in [0, 0.1) is 0 Å². The molecule has 2 rings (SSSR count). The highest BCUT2D eigenvalue weighted by atomic mass is 79.9. The molecule has 1 heterocycles. The van der Waals surface area contributed by atoms with Crippen molar-refractivity contribution in [3.05, 3.63) is 56.7 Å². The smallest absolute Gasteiger partial charge is 0.0977 e. The lowest BCUT2D eigenvalue weighted by molar-refractivity contribution is 0.0680. The van der Waals surface area contributed by atoms with Crippen LogP contribution in [0.3, 0.4) is 0 Å². The van der Waals surface area contributed by atoms with Crippen molar-refractivity contribution in [2.75, 3.05) is 13.7 Å². The van der Waals surface area contributed by atoms with Crippen LogP contribution in [0.2, 0.25) is 0 Å². The first-order chi connectivity index (χ1) is 10.3. The summed E-state index contributed by atoms with van der Waals surface area (Å²) >= 11 is 5.42. The second kappa shape index (κ2) is 8.69. The van der Waals surface area contributed by atoms with Gasteiger partial charge in [0.1, 0.15) is 0 Å². The van der Waals surface area contributed by atoms with Crippen LogP contribution in [-0.2, 0) is 11.2 Å². The largest absolute Gasteiger partial charge is 0.375 e. The van der Waals surface area contributed by atoms with Crippen molar-refractivity contribution in [1.82, 2.24) is 5.32 Å². The zero-order valence-corrected chi connectivity index (χ0v) is 14.9. The van der Waals surface area contributed by atoms with E-state index in [0.717, 1.165) is 19.4 Å². The molecule has 0 aliphatic rings. The van der Waals surface area contributed by atoms with Gasteiger partial charge in [-0.15, -0.1) is 11.3 Å². The fourth-order valence-electron chi connectivity index (χ4n) is 2.46. The molecule has 2 aromatic rings. The first-order valence-corrected chi connectivity index (χ1v) is 8.96. The van der Waals surface area contributed by atoms with E-state index in [4.69, 9.17) is 4.74 Å². The van der Waals surface area contributed by atoms with Crippen molar-refractivity contribution in [1.29, 1.82) is 0 Å². The number of hydrogen-bond acceptors (Lipinski definition) is 3. The Bertz CT molecular complexity index is 529. The van der Waals surface area contributed by atoms with Gasteiger partial charge in [-0.25, -0.2) is 0 Å². The third-order valence-corrected chi connectivity index (χ3v) is 5.45. The molecule has 0 saturated carbocycles. The molecule has 114 valence electrons. The Kier molecular flexibility index (Phi) is 6.90. The van der Waals surface area contributed by atoms with Crippen LogP contribution in [0.25, 0.3) is 0 Å². The van der Waals surface area contributed by atoms with Crippen molar-refractivity contribution < 1.29 is 4.74 Å². The Balaban J connectivity index is 2.19. The van der Waals surface area contributed by atoms with Gasteiger partial charge < -0.3 is 10.1 Å². The minimum Gasteiger partial charge on any atom is -0.375 e. The molecule has 0 radical (unpaired) electrons. The quantitative estimate of drug-likeness (QED) is 0.722. The van der Waals surface area contributed by atoms with Crippen molar-refractivity contribution in [2.45, 2.75) is 31.9 Å². The van der Waals surface area contributed by atoms with Crippen LogP contribution >= 0.6 is 27.3 Å². The van der Waals surface area contributed by atoms with Gasteiger partial charge in [0.15, 0.2) is 0 Å². The van der Waals surface area contributed by atoms with Gasteiger partial charge in [0.25, 0.3) is 0 Å². The molecule has 4 heteroatoms. The van der Waals surface area contributed by atoms with Crippen LogP contribution in [0.15, 0.2) is 46.3 Å². The van der Waals surface area contributed by atoms with Gasteiger partial charge in [0, 0.05) is 28.9 Å². The molecule has 0 amide bonds. The molecule has 0 bridgehead atoms. The monoisotopic (exact) mass is 367 g/mol. The predicted octanol–water partition coefficient (Wildman–Crippen LogP) is 4.81. The summed E-state index contributed by atoms with van der Waals surface area (Å²) in [7, 11) is 1.79. The Morgan fingerprint density at radius 2 is 2.00 bits per heavy atom. The fraction of sp³-hybridized carbons (Fsp3) is 0.412. The molecule has 0 fully saturated rings. The van der Waals surface area contributed by atoms with Gasteiger partial charge in [-0.2, -0.15) is 0 Å². The molecule has 0 saturated heterocycles.